The molecule has 146 valence electrons. The van der Waals surface area contributed by atoms with Crippen LogP contribution in [0.25, 0.3) is 33.1 Å². The summed E-state index contributed by atoms with van der Waals surface area (Å²) in [6, 6.07) is 29.9. The van der Waals surface area contributed by atoms with E-state index in [1.807, 2.05) is 66.7 Å². The van der Waals surface area contributed by atoms with E-state index >= 15 is 0 Å². The standard InChI is InChI=1S/C26H21N3O/c27-16-18-7-5-8-19(15-18)17-29-25(28-24-14-4-3-12-23(24)26(29)30)22-13-6-10-20-9-1-2-11-21(20)22/h1-15H,16-17,27H2. The first-order chi connectivity index (χ1) is 14.7. The lowest BCUT2D eigenvalue weighted by atomic mass is 10.0. The molecule has 0 fully saturated rings. The molecule has 0 atom stereocenters. The molecule has 0 saturated carbocycles. The molecule has 5 aromatic rings. The molecule has 0 aliphatic rings. The summed E-state index contributed by atoms with van der Waals surface area (Å²) >= 11 is 0. The first-order valence-corrected chi connectivity index (χ1v) is 10.0. The van der Waals surface area contributed by atoms with Crippen molar-refractivity contribution in [1.29, 1.82) is 0 Å². The normalized spacial score (nSPS) is 11.2. The molecule has 4 nitrogen and oxygen atoms in total. The fraction of sp³-hybridized carbons (Fsp3) is 0.0769. The lowest BCUT2D eigenvalue weighted by Gasteiger charge is -2.16. The van der Waals surface area contributed by atoms with Crippen molar-refractivity contribution in [2.24, 2.45) is 5.73 Å². The third kappa shape index (κ3) is 3.17. The average Bonchev–Trinajstić information content (AvgIpc) is 2.80. The summed E-state index contributed by atoms with van der Waals surface area (Å²) in [7, 11) is 0. The molecule has 1 heterocycles. The Balaban J connectivity index is 1.80. The molecule has 2 N–H and O–H groups in total. The average molecular weight is 391 g/mol. The van der Waals surface area contributed by atoms with Gasteiger partial charge in [0.1, 0.15) is 5.82 Å². The molecule has 30 heavy (non-hydrogen) atoms. The van der Waals surface area contributed by atoms with Crippen LogP contribution in [0.4, 0.5) is 0 Å². The molecular formula is C26H21N3O. The summed E-state index contributed by atoms with van der Waals surface area (Å²) in [6.07, 6.45) is 0. The number of para-hydroxylation sites is 1. The molecule has 0 aliphatic carbocycles. The van der Waals surface area contributed by atoms with E-state index in [2.05, 4.69) is 24.3 Å². The molecule has 0 amide bonds. The Labute approximate surface area is 174 Å². The van der Waals surface area contributed by atoms with Gasteiger partial charge in [-0.3, -0.25) is 9.36 Å². The van der Waals surface area contributed by atoms with Crippen LogP contribution in [0.5, 0.6) is 0 Å². The van der Waals surface area contributed by atoms with Gasteiger partial charge in [0.2, 0.25) is 0 Å². The summed E-state index contributed by atoms with van der Waals surface area (Å²) in [4.78, 5) is 18.4. The van der Waals surface area contributed by atoms with Crippen molar-refractivity contribution in [3.8, 4) is 11.4 Å². The van der Waals surface area contributed by atoms with Gasteiger partial charge in [0, 0.05) is 12.1 Å². The summed E-state index contributed by atoms with van der Waals surface area (Å²) in [5.74, 6) is 0.675. The summed E-state index contributed by atoms with van der Waals surface area (Å²) in [5.41, 5.74) is 9.50. The molecule has 4 heteroatoms. The zero-order valence-electron chi connectivity index (χ0n) is 16.5. The highest BCUT2D eigenvalue weighted by atomic mass is 16.1. The largest absolute Gasteiger partial charge is 0.326 e. The van der Waals surface area contributed by atoms with Gasteiger partial charge >= 0.3 is 0 Å². The van der Waals surface area contributed by atoms with E-state index in [9.17, 15) is 4.79 Å². The molecule has 0 unspecified atom stereocenters. The van der Waals surface area contributed by atoms with E-state index in [0.29, 0.717) is 29.8 Å². The minimum Gasteiger partial charge on any atom is -0.326 e. The van der Waals surface area contributed by atoms with Crippen molar-refractivity contribution >= 4 is 21.7 Å². The van der Waals surface area contributed by atoms with Crippen LogP contribution < -0.4 is 11.3 Å². The van der Waals surface area contributed by atoms with E-state index in [0.717, 1.165) is 27.5 Å². The van der Waals surface area contributed by atoms with Crippen LogP contribution in [0.15, 0.2) is 95.8 Å². The third-order valence-corrected chi connectivity index (χ3v) is 5.46. The third-order valence-electron chi connectivity index (χ3n) is 5.46. The van der Waals surface area contributed by atoms with Gasteiger partial charge in [-0.2, -0.15) is 0 Å². The number of nitrogens with two attached hydrogens (primary N) is 1. The molecule has 4 aromatic carbocycles. The number of hydrogen-bond acceptors (Lipinski definition) is 3. The van der Waals surface area contributed by atoms with Gasteiger partial charge in [-0.1, -0.05) is 78.9 Å². The number of fused-ring (bicyclic) bond motifs is 2. The predicted molar refractivity (Wildman–Crippen MR) is 122 cm³/mol. The van der Waals surface area contributed by atoms with Crippen LogP contribution in [0.3, 0.4) is 0 Å². The van der Waals surface area contributed by atoms with Crippen LogP contribution in [-0.2, 0) is 13.1 Å². The maximum Gasteiger partial charge on any atom is 0.261 e. The first-order valence-electron chi connectivity index (χ1n) is 10.0. The van der Waals surface area contributed by atoms with Gasteiger partial charge in [0.15, 0.2) is 0 Å². The second-order valence-corrected chi connectivity index (χ2v) is 7.39. The first kappa shape index (κ1) is 18.3. The summed E-state index contributed by atoms with van der Waals surface area (Å²) in [6.45, 7) is 0.901. The summed E-state index contributed by atoms with van der Waals surface area (Å²) in [5, 5.41) is 2.82. The topological polar surface area (TPSA) is 60.9 Å². The Morgan fingerprint density at radius 1 is 0.767 bits per heavy atom. The Morgan fingerprint density at radius 2 is 1.47 bits per heavy atom. The fourth-order valence-corrected chi connectivity index (χ4v) is 3.98. The Morgan fingerprint density at radius 3 is 2.33 bits per heavy atom. The lowest BCUT2D eigenvalue weighted by Crippen LogP contribution is -2.24. The molecule has 5 rings (SSSR count). The Kier molecular flexibility index (Phi) is 4.62. The Bertz CT molecular complexity index is 1430. The van der Waals surface area contributed by atoms with Crippen molar-refractivity contribution in [3.05, 3.63) is 112 Å². The molecule has 0 spiro atoms. The van der Waals surface area contributed by atoms with Gasteiger partial charge in [-0.15, -0.1) is 0 Å². The molecule has 0 saturated heterocycles. The van der Waals surface area contributed by atoms with Crippen molar-refractivity contribution < 1.29 is 0 Å². The number of rotatable bonds is 4. The zero-order valence-corrected chi connectivity index (χ0v) is 16.5. The second-order valence-electron chi connectivity index (χ2n) is 7.39. The monoisotopic (exact) mass is 391 g/mol. The predicted octanol–water partition coefficient (Wildman–Crippen LogP) is 4.72. The van der Waals surface area contributed by atoms with Gasteiger partial charge in [-0.05, 0) is 34.0 Å². The van der Waals surface area contributed by atoms with Crippen molar-refractivity contribution in [2.45, 2.75) is 13.1 Å². The Hall–Kier alpha value is -3.76. The van der Waals surface area contributed by atoms with Gasteiger partial charge in [0.25, 0.3) is 5.56 Å². The van der Waals surface area contributed by atoms with Crippen molar-refractivity contribution in [2.75, 3.05) is 0 Å². The van der Waals surface area contributed by atoms with E-state index in [1.54, 1.807) is 4.57 Å². The zero-order chi connectivity index (χ0) is 20.5. The second kappa shape index (κ2) is 7.58. The lowest BCUT2D eigenvalue weighted by molar-refractivity contribution is 0.758. The van der Waals surface area contributed by atoms with Crippen LogP contribution in [0.2, 0.25) is 0 Å². The number of benzene rings is 4. The van der Waals surface area contributed by atoms with E-state index < -0.39 is 0 Å². The molecule has 0 bridgehead atoms. The summed E-state index contributed by atoms with van der Waals surface area (Å²) < 4.78 is 1.78. The molecule has 0 aliphatic heterocycles. The highest BCUT2D eigenvalue weighted by Gasteiger charge is 2.15. The van der Waals surface area contributed by atoms with Crippen LogP contribution in [0.1, 0.15) is 11.1 Å². The van der Waals surface area contributed by atoms with Crippen LogP contribution in [0, 0.1) is 0 Å². The number of hydrogen-bond donors (Lipinski definition) is 1. The minimum atomic E-state index is -0.0401. The molecular weight excluding hydrogens is 370 g/mol. The molecule has 1 aromatic heterocycles. The van der Waals surface area contributed by atoms with Crippen LogP contribution in [-0.4, -0.2) is 9.55 Å². The van der Waals surface area contributed by atoms with Gasteiger partial charge in [0.05, 0.1) is 17.4 Å². The van der Waals surface area contributed by atoms with Crippen LogP contribution >= 0.6 is 0 Å². The van der Waals surface area contributed by atoms with E-state index in [1.165, 1.54) is 0 Å². The van der Waals surface area contributed by atoms with E-state index in [-0.39, 0.29) is 5.56 Å². The van der Waals surface area contributed by atoms with Gasteiger partial charge < -0.3 is 5.73 Å². The van der Waals surface area contributed by atoms with E-state index in [4.69, 9.17) is 10.7 Å². The van der Waals surface area contributed by atoms with Crippen molar-refractivity contribution in [3.63, 3.8) is 0 Å². The highest BCUT2D eigenvalue weighted by Crippen LogP contribution is 2.28. The smallest absolute Gasteiger partial charge is 0.261 e. The minimum absolute atomic E-state index is 0.0401. The maximum absolute atomic E-state index is 13.5. The molecule has 0 radical (unpaired) electrons. The number of aromatic nitrogens is 2. The SMILES string of the molecule is NCc1cccc(Cn2c(-c3cccc4ccccc34)nc3ccccc3c2=O)c1. The van der Waals surface area contributed by atoms with Crippen molar-refractivity contribution in [1.82, 2.24) is 9.55 Å². The van der Waals surface area contributed by atoms with Gasteiger partial charge in [-0.25, -0.2) is 4.98 Å². The maximum atomic E-state index is 13.5. The quantitative estimate of drug-likeness (QED) is 0.482. The number of nitrogens with zero attached hydrogens (tertiary/aromatic N) is 2. The highest BCUT2D eigenvalue weighted by molar-refractivity contribution is 5.96. The fourth-order valence-electron chi connectivity index (χ4n) is 3.98.